The van der Waals surface area contributed by atoms with Gasteiger partial charge in [-0.2, -0.15) is 0 Å². The molecule has 3 N–H and O–H groups in total. The number of nitrogens with zero attached hydrogens (tertiary/aromatic N) is 1. The number of benzene rings is 2. The van der Waals surface area contributed by atoms with E-state index < -0.39 is 16.7 Å². The summed E-state index contributed by atoms with van der Waals surface area (Å²) in [4.78, 5) is 33.8. The molecule has 0 spiro atoms. The summed E-state index contributed by atoms with van der Waals surface area (Å²) in [5, 5.41) is 13.7. The van der Waals surface area contributed by atoms with Gasteiger partial charge in [0.05, 0.1) is 11.5 Å². The Morgan fingerprint density at radius 2 is 1.92 bits per heavy atom. The molecular formula is C16H15BrN4O4. The molecule has 0 unspecified atom stereocenters. The van der Waals surface area contributed by atoms with Gasteiger partial charge in [0.25, 0.3) is 17.5 Å². The van der Waals surface area contributed by atoms with Gasteiger partial charge in [-0.3, -0.25) is 30.6 Å². The van der Waals surface area contributed by atoms with E-state index in [1.807, 2.05) is 25.1 Å². The number of non-ortho nitro benzene ring substituents is 1. The number of nitrogens with one attached hydrogen (secondary N) is 3. The number of hydrogen-bond donors (Lipinski definition) is 3. The molecule has 2 aromatic carbocycles. The Kier molecular flexibility index (Phi) is 6.07. The number of amides is 2. The predicted octanol–water partition coefficient (Wildman–Crippen LogP) is 2.54. The van der Waals surface area contributed by atoms with Gasteiger partial charge in [0.15, 0.2) is 0 Å². The van der Waals surface area contributed by atoms with E-state index in [9.17, 15) is 19.7 Å². The molecule has 25 heavy (non-hydrogen) atoms. The maximum absolute atomic E-state index is 11.9. The fourth-order valence-corrected chi connectivity index (χ4v) is 2.48. The normalized spacial score (nSPS) is 10.0. The van der Waals surface area contributed by atoms with E-state index in [1.165, 1.54) is 18.2 Å². The van der Waals surface area contributed by atoms with Crippen molar-refractivity contribution in [2.75, 3.05) is 11.9 Å². The fraction of sp³-hybridized carbons (Fsp3) is 0.125. The molecular weight excluding hydrogens is 392 g/mol. The number of hydrazine groups is 1. The van der Waals surface area contributed by atoms with E-state index in [-0.39, 0.29) is 17.8 Å². The van der Waals surface area contributed by atoms with Gasteiger partial charge < -0.3 is 5.32 Å². The van der Waals surface area contributed by atoms with Crippen LogP contribution in [-0.4, -0.2) is 23.3 Å². The minimum atomic E-state index is -0.642. The van der Waals surface area contributed by atoms with Gasteiger partial charge in [-0.15, -0.1) is 0 Å². The molecule has 2 amide bonds. The molecule has 130 valence electrons. The van der Waals surface area contributed by atoms with E-state index >= 15 is 0 Å². The second-order valence-electron chi connectivity index (χ2n) is 5.12. The molecule has 2 rings (SSSR count). The van der Waals surface area contributed by atoms with E-state index in [1.54, 1.807) is 0 Å². The van der Waals surface area contributed by atoms with Crippen molar-refractivity contribution in [2.24, 2.45) is 0 Å². The Bertz CT molecular complexity index is 826. The third kappa shape index (κ3) is 5.28. The molecule has 0 radical (unpaired) electrons. The van der Waals surface area contributed by atoms with Crippen molar-refractivity contribution in [3.8, 4) is 0 Å². The van der Waals surface area contributed by atoms with Crippen molar-refractivity contribution < 1.29 is 14.5 Å². The Morgan fingerprint density at radius 1 is 1.16 bits per heavy atom. The van der Waals surface area contributed by atoms with Crippen LogP contribution < -0.4 is 16.2 Å². The SMILES string of the molecule is Cc1cc(Br)ccc1NCC(=O)NNC(=O)c1cccc([N+](=O)[O-])c1. The van der Waals surface area contributed by atoms with E-state index in [0.717, 1.165) is 21.8 Å². The maximum Gasteiger partial charge on any atom is 0.270 e. The van der Waals surface area contributed by atoms with Crippen LogP contribution in [0.4, 0.5) is 11.4 Å². The van der Waals surface area contributed by atoms with Crippen molar-refractivity contribution in [2.45, 2.75) is 6.92 Å². The van der Waals surface area contributed by atoms with Gasteiger partial charge in [-0.1, -0.05) is 22.0 Å². The summed E-state index contributed by atoms with van der Waals surface area (Å²) in [5.74, 6) is -1.10. The number of aryl methyl sites for hydroxylation is 1. The van der Waals surface area contributed by atoms with Gasteiger partial charge in [-0.25, -0.2) is 0 Å². The van der Waals surface area contributed by atoms with Crippen molar-refractivity contribution in [1.82, 2.24) is 10.9 Å². The molecule has 0 fully saturated rings. The number of rotatable bonds is 5. The summed E-state index contributed by atoms with van der Waals surface area (Å²) in [5.41, 5.74) is 6.10. The van der Waals surface area contributed by atoms with Crippen molar-refractivity contribution in [3.63, 3.8) is 0 Å². The third-order valence-corrected chi connectivity index (χ3v) is 3.76. The first kappa shape index (κ1) is 18.4. The number of nitro groups is 1. The summed E-state index contributed by atoms with van der Waals surface area (Å²) in [6.07, 6.45) is 0. The van der Waals surface area contributed by atoms with E-state index in [4.69, 9.17) is 0 Å². The molecule has 9 heteroatoms. The monoisotopic (exact) mass is 406 g/mol. The molecule has 0 aliphatic carbocycles. The summed E-state index contributed by atoms with van der Waals surface area (Å²) in [7, 11) is 0. The quantitative estimate of drug-likeness (QED) is 0.521. The molecule has 0 aromatic heterocycles. The average molecular weight is 407 g/mol. The standard InChI is InChI=1S/C16H15BrN4O4/c1-10-7-12(17)5-6-14(10)18-9-15(22)19-20-16(23)11-3-2-4-13(8-11)21(24)25/h2-8,18H,9H2,1H3,(H,19,22)(H,20,23). The third-order valence-electron chi connectivity index (χ3n) is 3.26. The zero-order chi connectivity index (χ0) is 18.4. The Balaban J connectivity index is 1.86. The molecule has 0 heterocycles. The van der Waals surface area contributed by atoms with Gasteiger partial charge in [0.1, 0.15) is 0 Å². The molecule has 0 aliphatic rings. The lowest BCUT2D eigenvalue weighted by atomic mass is 10.2. The van der Waals surface area contributed by atoms with Gasteiger partial charge in [0.2, 0.25) is 0 Å². The lowest BCUT2D eigenvalue weighted by molar-refractivity contribution is -0.384. The number of nitro benzene ring substituents is 1. The number of halogens is 1. The Labute approximate surface area is 151 Å². The first-order chi connectivity index (χ1) is 11.9. The zero-order valence-electron chi connectivity index (χ0n) is 13.2. The summed E-state index contributed by atoms with van der Waals surface area (Å²) in [6.45, 7) is 1.85. The van der Waals surface area contributed by atoms with E-state index in [2.05, 4.69) is 32.1 Å². The highest BCUT2D eigenvalue weighted by Crippen LogP contribution is 2.19. The highest BCUT2D eigenvalue weighted by atomic mass is 79.9. The van der Waals surface area contributed by atoms with Crippen LogP contribution in [-0.2, 0) is 4.79 Å². The van der Waals surface area contributed by atoms with E-state index in [0.29, 0.717) is 0 Å². The van der Waals surface area contributed by atoms with Crippen LogP contribution in [0.5, 0.6) is 0 Å². The fourth-order valence-electron chi connectivity index (χ4n) is 2.00. The number of carbonyl (C=O) groups is 2. The molecule has 8 nitrogen and oxygen atoms in total. The minimum absolute atomic E-state index is 0.0440. The summed E-state index contributed by atoms with van der Waals surface area (Å²) >= 11 is 3.36. The highest BCUT2D eigenvalue weighted by molar-refractivity contribution is 9.10. The maximum atomic E-state index is 11.9. The molecule has 0 saturated heterocycles. The first-order valence-corrected chi connectivity index (χ1v) is 8.00. The van der Waals surface area contributed by atoms with Gasteiger partial charge in [-0.05, 0) is 36.8 Å². The van der Waals surface area contributed by atoms with Crippen LogP contribution in [0.1, 0.15) is 15.9 Å². The van der Waals surface area contributed by atoms with Crippen LogP contribution in [0.3, 0.4) is 0 Å². The molecule has 0 bridgehead atoms. The molecule has 2 aromatic rings. The van der Waals surface area contributed by atoms with Crippen molar-refractivity contribution in [3.05, 3.63) is 68.2 Å². The number of anilines is 1. The molecule has 0 aliphatic heterocycles. The lowest BCUT2D eigenvalue weighted by Crippen LogP contribution is -2.44. The average Bonchev–Trinajstić information content (AvgIpc) is 2.59. The Hall–Kier alpha value is -2.94. The highest BCUT2D eigenvalue weighted by Gasteiger charge is 2.12. The number of carbonyl (C=O) groups excluding carboxylic acids is 2. The predicted molar refractivity (Wildman–Crippen MR) is 96.1 cm³/mol. The van der Waals surface area contributed by atoms with Gasteiger partial charge >= 0.3 is 0 Å². The number of hydrogen-bond acceptors (Lipinski definition) is 5. The molecule has 0 saturated carbocycles. The summed E-state index contributed by atoms with van der Waals surface area (Å²) in [6, 6.07) is 10.8. The minimum Gasteiger partial charge on any atom is -0.376 e. The topological polar surface area (TPSA) is 113 Å². The Morgan fingerprint density at radius 3 is 2.60 bits per heavy atom. The van der Waals surface area contributed by atoms with Crippen LogP contribution >= 0.6 is 15.9 Å². The molecule has 0 atom stereocenters. The largest absolute Gasteiger partial charge is 0.376 e. The second-order valence-corrected chi connectivity index (χ2v) is 6.04. The lowest BCUT2D eigenvalue weighted by Gasteiger charge is -2.11. The van der Waals surface area contributed by atoms with Crippen LogP contribution in [0.15, 0.2) is 46.9 Å². The summed E-state index contributed by atoms with van der Waals surface area (Å²) < 4.78 is 0.934. The van der Waals surface area contributed by atoms with Gasteiger partial charge in [0, 0.05) is 27.9 Å². The van der Waals surface area contributed by atoms with Crippen LogP contribution in [0.25, 0.3) is 0 Å². The van der Waals surface area contributed by atoms with Crippen molar-refractivity contribution >= 4 is 39.1 Å². The second kappa shape index (κ2) is 8.25. The van der Waals surface area contributed by atoms with Crippen LogP contribution in [0, 0.1) is 17.0 Å². The van der Waals surface area contributed by atoms with Crippen molar-refractivity contribution in [1.29, 1.82) is 0 Å². The first-order valence-electron chi connectivity index (χ1n) is 7.20. The zero-order valence-corrected chi connectivity index (χ0v) is 14.8. The van der Waals surface area contributed by atoms with Crippen LogP contribution in [0.2, 0.25) is 0 Å². The smallest absolute Gasteiger partial charge is 0.270 e.